The number of likely N-dealkylation sites (tertiary alicyclic amines) is 1. The first-order chi connectivity index (χ1) is 15.3. The Morgan fingerprint density at radius 3 is 2.53 bits per heavy atom. The molecule has 0 radical (unpaired) electrons. The molecule has 4 rings (SSSR count). The molecule has 1 aliphatic rings. The second-order valence-corrected chi connectivity index (χ2v) is 8.20. The summed E-state index contributed by atoms with van der Waals surface area (Å²) in [5.41, 5.74) is 2.24. The van der Waals surface area contributed by atoms with E-state index in [1.807, 2.05) is 0 Å². The molecule has 11 heteroatoms. The van der Waals surface area contributed by atoms with Gasteiger partial charge in [-0.25, -0.2) is 8.78 Å². The molecule has 2 amide bonds. The van der Waals surface area contributed by atoms with Crippen LogP contribution in [-0.4, -0.2) is 39.5 Å². The van der Waals surface area contributed by atoms with Gasteiger partial charge in [-0.2, -0.15) is 4.68 Å². The predicted molar refractivity (Wildman–Crippen MR) is 118 cm³/mol. The number of nitrogens with zero attached hydrogens (tertiary/aromatic N) is 2. The third-order valence-electron chi connectivity index (χ3n) is 5.42. The highest BCUT2D eigenvalue weighted by atomic mass is 35.5. The highest BCUT2D eigenvalue weighted by molar-refractivity contribution is 7.71. The molecule has 7 nitrogen and oxygen atoms in total. The van der Waals surface area contributed by atoms with Crippen LogP contribution in [0.5, 0.6) is 0 Å². The summed E-state index contributed by atoms with van der Waals surface area (Å²) < 4.78 is 28.8. The third kappa shape index (κ3) is 4.15. The van der Waals surface area contributed by atoms with Gasteiger partial charge >= 0.3 is 0 Å². The van der Waals surface area contributed by atoms with Gasteiger partial charge in [0, 0.05) is 19.0 Å². The van der Waals surface area contributed by atoms with Crippen molar-refractivity contribution in [1.29, 1.82) is 0 Å². The van der Waals surface area contributed by atoms with Crippen molar-refractivity contribution in [3.05, 3.63) is 73.7 Å². The van der Waals surface area contributed by atoms with Crippen molar-refractivity contribution in [1.82, 2.24) is 14.6 Å². The van der Waals surface area contributed by atoms with Crippen molar-refractivity contribution < 1.29 is 18.4 Å². The van der Waals surface area contributed by atoms with E-state index < -0.39 is 45.5 Å². The molecule has 0 aliphatic carbocycles. The highest BCUT2D eigenvalue weighted by Gasteiger charge is 2.30. The number of hydrogen-bond acceptors (Lipinski definition) is 4. The minimum atomic E-state index is -0.911. The van der Waals surface area contributed by atoms with Crippen LogP contribution in [-0.2, 0) is 4.79 Å². The maximum absolute atomic E-state index is 14.1. The van der Waals surface area contributed by atoms with Crippen LogP contribution in [0, 0.1) is 22.3 Å². The Bertz CT molecular complexity index is 1350. The van der Waals surface area contributed by atoms with E-state index in [1.165, 1.54) is 4.90 Å². The average molecular weight is 479 g/mol. The molecule has 1 fully saturated rings. The molecule has 3 aromatic rings. The van der Waals surface area contributed by atoms with E-state index >= 15 is 0 Å². The van der Waals surface area contributed by atoms with E-state index in [0.717, 1.165) is 16.8 Å². The molecule has 1 aromatic heterocycles. The Balaban J connectivity index is 1.45. The summed E-state index contributed by atoms with van der Waals surface area (Å²) in [6.07, 6.45) is 0.572. The molecule has 0 bridgehead atoms. The lowest BCUT2D eigenvalue weighted by Gasteiger charge is -2.31. The van der Waals surface area contributed by atoms with Crippen LogP contribution in [0.4, 0.5) is 8.78 Å². The molecule has 1 aliphatic heterocycles. The van der Waals surface area contributed by atoms with Crippen molar-refractivity contribution in [2.45, 2.75) is 12.8 Å². The summed E-state index contributed by atoms with van der Waals surface area (Å²) in [4.78, 5) is 42.2. The van der Waals surface area contributed by atoms with Gasteiger partial charge in [-0.05, 0) is 49.3 Å². The van der Waals surface area contributed by atoms with E-state index in [-0.39, 0.29) is 30.7 Å². The number of benzene rings is 2. The summed E-state index contributed by atoms with van der Waals surface area (Å²) in [6, 6.07) is 8.32. The van der Waals surface area contributed by atoms with Gasteiger partial charge in [0.1, 0.15) is 11.6 Å². The lowest BCUT2D eigenvalue weighted by molar-refractivity contribution is -0.122. The van der Waals surface area contributed by atoms with Gasteiger partial charge in [-0.15, -0.1) is 0 Å². The van der Waals surface area contributed by atoms with Crippen LogP contribution in [0.15, 0.2) is 41.2 Å². The number of carbonyl (C=O) groups excluding carboxylic acids is 2. The van der Waals surface area contributed by atoms with Crippen LogP contribution in [0.25, 0.3) is 10.9 Å². The van der Waals surface area contributed by atoms with Gasteiger partial charge in [-0.3, -0.25) is 19.8 Å². The van der Waals surface area contributed by atoms with Gasteiger partial charge in [0.15, 0.2) is 4.77 Å². The summed E-state index contributed by atoms with van der Waals surface area (Å²) >= 11 is 10.7. The van der Waals surface area contributed by atoms with Crippen molar-refractivity contribution in [3.8, 4) is 0 Å². The third-order valence-corrected chi connectivity index (χ3v) is 5.99. The first-order valence-electron chi connectivity index (χ1n) is 9.75. The highest BCUT2D eigenvalue weighted by Crippen LogP contribution is 2.24. The molecule has 0 atom stereocenters. The maximum Gasteiger partial charge on any atom is 0.281 e. The number of aromatic nitrogens is 2. The second kappa shape index (κ2) is 8.79. The Morgan fingerprint density at radius 2 is 1.81 bits per heavy atom. The number of rotatable bonds is 3. The van der Waals surface area contributed by atoms with E-state index in [2.05, 4.69) is 10.4 Å². The molecule has 0 unspecified atom stereocenters. The summed E-state index contributed by atoms with van der Waals surface area (Å²) in [5.74, 6) is -3.38. The molecule has 2 heterocycles. The first-order valence-corrected chi connectivity index (χ1v) is 10.5. The van der Waals surface area contributed by atoms with Crippen molar-refractivity contribution in [2.75, 3.05) is 18.5 Å². The standard InChI is InChI=1S/C21H17ClF2N4O3S/c22-14-10-15(23)13(9-16(14)24)19(30)27-7-5-11(6-8-27)18(29)26-28-20(31)12-3-1-2-4-17(12)25-21(28)32/h1-4,9-11H,5-8H2,(H,25,32)(H,26,29). The molecular formula is C21H17ClF2N4O3S. The fraction of sp³-hybridized carbons (Fsp3) is 0.238. The number of halogens is 3. The zero-order valence-electron chi connectivity index (χ0n) is 16.5. The van der Waals surface area contributed by atoms with Crippen molar-refractivity contribution in [2.24, 2.45) is 5.92 Å². The Hall–Kier alpha value is -3.11. The smallest absolute Gasteiger partial charge is 0.281 e. The topological polar surface area (TPSA) is 87.2 Å². The van der Waals surface area contributed by atoms with Gasteiger partial charge in [0.25, 0.3) is 11.5 Å². The predicted octanol–water partition coefficient (Wildman–Crippen LogP) is 3.61. The van der Waals surface area contributed by atoms with E-state index in [4.69, 9.17) is 23.8 Å². The van der Waals surface area contributed by atoms with Crippen LogP contribution in [0.3, 0.4) is 0 Å². The van der Waals surface area contributed by atoms with Crippen molar-refractivity contribution in [3.63, 3.8) is 0 Å². The SMILES string of the molecule is O=C(Nn1c(=S)[nH]c2ccccc2c1=O)C1CCN(C(=O)c2cc(F)c(Cl)cc2F)CC1. The average Bonchev–Trinajstić information content (AvgIpc) is 2.78. The molecule has 2 aromatic carbocycles. The first kappa shape index (κ1) is 22.1. The van der Waals surface area contributed by atoms with E-state index in [9.17, 15) is 23.2 Å². The fourth-order valence-electron chi connectivity index (χ4n) is 3.67. The van der Waals surface area contributed by atoms with Gasteiger partial charge in [0.2, 0.25) is 5.91 Å². The fourth-order valence-corrected chi connectivity index (χ4v) is 4.06. The number of piperidine rings is 1. The summed E-state index contributed by atoms with van der Waals surface area (Å²) in [7, 11) is 0. The molecule has 1 saturated heterocycles. The van der Waals surface area contributed by atoms with Gasteiger partial charge in [-0.1, -0.05) is 23.7 Å². The number of carbonyl (C=O) groups is 2. The number of hydrogen-bond donors (Lipinski definition) is 2. The molecule has 32 heavy (non-hydrogen) atoms. The number of aromatic amines is 1. The number of fused-ring (bicyclic) bond motifs is 1. The summed E-state index contributed by atoms with van der Waals surface area (Å²) in [6.45, 7) is 0.333. The van der Waals surface area contributed by atoms with E-state index in [1.54, 1.807) is 24.3 Å². The van der Waals surface area contributed by atoms with Crippen LogP contribution >= 0.6 is 23.8 Å². The molecule has 0 saturated carbocycles. The van der Waals surface area contributed by atoms with Crippen LogP contribution < -0.4 is 11.0 Å². The number of H-pyrrole nitrogens is 1. The quantitative estimate of drug-likeness (QED) is 0.444. The number of para-hydroxylation sites is 1. The number of amides is 2. The zero-order valence-corrected chi connectivity index (χ0v) is 18.1. The molecule has 166 valence electrons. The van der Waals surface area contributed by atoms with Crippen molar-refractivity contribution >= 4 is 46.5 Å². The lowest BCUT2D eigenvalue weighted by Crippen LogP contribution is -2.44. The normalized spacial score (nSPS) is 14.5. The molecular weight excluding hydrogens is 462 g/mol. The number of nitrogens with one attached hydrogen (secondary N) is 2. The minimum absolute atomic E-state index is 0.0508. The van der Waals surface area contributed by atoms with Crippen LogP contribution in [0.1, 0.15) is 23.2 Å². The Morgan fingerprint density at radius 1 is 1.12 bits per heavy atom. The monoisotopic (exact) mass is 478 g/mol. The van der Waals surface area contributed by atoms with E-state index in [0.29, 0.717) is 10.9 Å². The van der Waals surface area contributed by atoms with Crippen LogP contribution in [0.2, 0.25) is 5.02 Å². The Labute approximate surface area is 190 Å². The molecule has 0 spiro atoms. The zero-order chi connectivity index (χ0) is 23.0. The second-order valence-electron chi connectivity index (χ2n) is 7.40. The van der Waals surface area contributed by atoms with Gasteiger partial charge < -0.3 is 9.88 Å². The van der Waals surface area contributed by atoms with Gasteiger partial charge in [0.05, 0.1) is 21.5 Å². The lowest BCUT2D eigenvalue weighted by atomic mass is 9.95. The largest absolute Gasteiger partial charge is 0.339 e. The Kier molecular flexibility index (Phi) is 6.07. The summed E-state index contributed by atoms with van der Waals surface area (Å²) in [5, 5.41) is -0.0317. The minimum Gasteiger partial charge on any atom is -0.339 e. The maximum atomic E-state index is 14.1. The molecule has 2 N–H and O–H groups in total.